The van der Waals surface area contributed by atoms with Crippen LogP contribution in [0.3, 0.4) is 0 Å². The third-order valence-electron chi connectivity index (χ3n) is 2.21. The van der Waals surface area contributed by atoms with Crippen LogP contribution in [0.1, 0.15) is 24.0 Å². The Hall–Kier alpha value is -0.210. The monoisotopic (exact) mass is 290 g/mol. The van der Waals surface area contributed by atoms with Crippen LogP contribution in [0.5, 0.6) is 5.75 Å². The van der Waals surface area contributed by atoms with Crippen molar-refractivity contribution in [3.05, 3.63) is 27.7 Å². The summed E-state index contributed by atoms with van der Waals surface area (Å²) in [6.45, 7) is 4.89. The van der Waals surface area contributed by atoms with Gasteiger partial charge in [-0.3, -0.25) is 0 Å². The lowest BCUT2D eigenvalue weighted by atomic mass is 10.1. The maximum absolute atomic E-state index is 5.65. The van der Waals surface area contributed by atoms with Crippen molar-refractivity contribution in [1.82, 2.24) is 0 Å². The number of benzene rings is 1. The molecule has 0 saturated carbocycles. The van der Waals surface area contributed by atoms with Crippen LogP contribution >= 0.6 is 27.5 Å². The molecular formula is C12H16BrClO. The van der Waals surface area contributed by atoms with E-state index < -0.39 is 0 Å². The molecule has 15 heavy (non-hydrogen) atoms. The summed E-state index contributed by atoms with van der Waals surface area (Å²) < 4.78 is 6.81. The van der Waals surface area contributed by atoms with Gasteiger partial charge in [0.2, 0.25) is 0 Å². The molecule has 0 saturated heterocycles. The molecule has 84 valence electrons. The van der Waals surface area contributed by atoms with Crippen molar-refractivity contribution < 1.29 is 4.74 Å². The predicted molar refractivity (Wildman–Crippen MR) is 69.1 cm³/mol. The fraction of sp³-hybridized carbons (Fsp3) is 0.500. The van der Waals surface area contributed by atoms with E-state index in [1.807, 2.05) is 0 Å². The second kappa shape index (κ2) is 6.39. The molecule has 0 bridgehead atoms. The summed E-state index contributed by atoms with van der Waals surface area (Å²) in [6.07, 6.45) is 2.02. The minimum Gasteiger partial charge on any atom is -0.494 e. The highest BCUT2D eigenvalue weighted by Crippen LogP contribution is 2.26. The van der Waals surface area contributed by atoms with Crippen LogP contribution in [0.2, 0.25) is 0 Å². The Labute approximate surface area is 105 Å². The molecule has 1 nitrogen and oxygen atoms in total. The highest BCUT2D eigenvalue weighted by molar-refractivity contribution is 9.10. The molecule has 0 radical (unpaired) electrons. The van der Waals surface area contributed by atoms with E-state index in [4.69, 9.17) is 16.3 Å². The maximum Gasteiger partial charge on any atom is 0.119 e. The van der Waals surface area contributed by atoms with Crippen molar-refractivity contribution in [1.29, 1.82) is 0 Å². The fourth-order valence-corrected chi connectivity index (χ4v) is 1.79. The summed E-state index contributed by atoms with van der Waals surface area (Å²) in [5.74, 6) is 1.66. The van der Waals surface area contributed by atoms with E-state index >= 15 is 0 Å². The lowest BCUT2D eigenvalue weighted by Crippen LogP contribution is -1.98. The quantitative estimate of drug-likeness (QED) is 0.575. The molecule has 0 aliphatic rings. The standard InChI is InChI=1S/C12H16BrClO/c1-9-7-11(8-10(2)12(9)13)15-6-4-3-5-14/h7-8H,3-6H2,1-2H3. The van der Waals surface area contributed by atoms with Crippen LogP contribution < -0.4 is 4.74 Å². The average Bonchev–Trinajstić information content (AvgIpc) is 2.21. The molecule has 0 fully saturated rings. The van der Waals surface area contributed by atoms with Crippen molar-refractivity contribution in [2.45, 2.75) is 26.7 Å². The smallest absolute Gasteiger partial charge is 0.119 e. The molecule has 0 aliphatic carbocycles. The van der Waals surface area contributed by atoms with Crippen molar-refractivity contribution in [2.24, 2.45) is 0 Å². The molecule has 0 atom stereocenters. The number of rotatable bonds is 5. The second-order valence-electron chi connectivity index (χ2n) is 3.62. The third-order valence-corrected chi connectivity index (χ3v) is 3.72. The summed E-state index contributed by atoms with van der Waals surface area (Å²) in [6, 6.07) is 4.11. The molecule has 3 heteroatoms. The van der Waals surface area contributed by atoms with Gasteiger partial charge in [0, 0.05) is 10.4 Å². The van der Waals surface area contributed by atoms with Crippen LogP contribution in [0, 0.1) is 13.8 Å². The van der Waals surface area contributed by atoms with E-state index in [2.05, 4.69) is 41.9 Å². The van der Waals surface area contributed by atoms with Gasteiger partial charge in [0.25, 0.3) is 0 Å². The zero-order valence-corrected chi connectivity index (χ0v) is 11.5. The molecule has 0 unspecified atom stereocenters. The number of hydrogen-bond donors (Lipinski definition) is 0. The second-order valence-corrected chi connectivity index (χ2v) is 4.79. The molecule has 0 amide bonds. The lowest BCUT2D eigenvalue weighted by molar-refractivity contribution is 0.309. The van der Waals surface area contributed by atoms with Crippen LogP contribution in [-0.4, -0.2) is 12.5 Å². The summed E-state index contributed by atoms with van der Waals surface area (Å²) in [5.41, 5.74) is 2.42. The van der Waals surface area contributed by atoms with E-state index in [0.29, 0.717) is 5.88 Å². The third kappa shape index (κ3) is 4.04. The molecule has 1 rings (SSSR count). The summed E-state index contributed by atoms with van der Waals surface area (Å²) in [5, 5.41) is 0. The molecule has 0 N–H and O–H groups in total. The Morgan fingerprint density at radius 2 is 1.80 bits per heavy atom. The number of hydrogen-bond acceptors (Lipinski definition) is 1. The van der Waals surface area contributed by atoms with E-state index in [-0.39, 0.29) is 0 Å². The summed E-state index contributed by atoms with van der Waals surface area (Å²) in [4.78, 5) is 0. The van der Waals surface area contributed by atoms with Gasteiger partial charge in [-0.2, -0.15) is 0 Å². The zero-order valence-electron chi connectivity index (χ0n) is 9.15. The van der Waals surface area contributed by atoms with Gasteiger partial charge in [-0.1, -0.05) is 15.9 Å². The van der Waals surface area contributed by atoms with Crippen LogP contribution in [-0.2, 0) is 0 Å². The van der Waals surface area contributed by atoms with Crippen molar-refractivity contribution in [2.75, 3.05) is 12.5 Å². The zero-order chi connectivity index (χ0) is 11.3. The molecular weight excluding hydrogens is 275 g/mol. The highest BCUT2D eigenvalue weighted by atomic mass is 79.9. The number of aryl methyl sites for hydroxylation is 2. The average molecular weight is 292 g/mol. The predicted octanol–water partition coefficient (Wildman–Crippen LogP) is 4.46. The molecule has 0 aliphatic heterocycles. The molecule has 0 spiro atoms. The summed E-state index contributed by atoms with van der Waals surface area (Å²) in [7, 11) is 0. The Balaban J connectivity index is 2.55. The van der Waals surface area contributed by atoms with Gasteiger partial charge >= 0.3 is 0 Å². The number of unbranched alkanes of at least 4 members (excludes halogenated alkanes) is 1. The van der Waals surface area contributed by atoms with Crippen LogP contribution in [0.25, 0.3) is 0 Å². The highest BCUT2D eigenvalue weighted by Gasteiger charge is 2.02. The first-order valence-corrected chi connectivity index (χ1v) is 6.43. The van der Waals surface area contributed by atoms with E-state index in [1.165, 1.54) is 11.1 Å². The number of halogens is 2. The van der Waals surface area contributed by atoms with Gasteiger partial charge < -0.3 is 4.74 Å². The maximum atomic E-state index is 5.65. The van der Waals surface area contributed by atoms with Crippen molar-refractivity contribution in [3.63, 3.8) is 0 Å². The largest absolute Gasteiger partial charge is 0.494 e. The Kier molecular flexibility index (Phi) is 5.48. The Morgan fingerprint density at radius 3 is 2.33 bits per heavy atom. The van der Waals surface area contributed by atoms with E-state index in [9.17, 15) is 0 Å². The van der Waals surface area contributed by atoms with E-state index in [0.717, 1.165) is 29.7 Å². The first-order valence-electron chi connectivity index (χ1n) is 5.10. The van der Waals surface area contributed by atoms with Gasteiger partial charge in [0.05, 0.1) is 6.61 Å². The Morgan fingerprint density at radius 1 is 1.20 bits per heavy atom. The van der Waals surface area contributed by atoms with Gasteiger partial charge in [-0.05, 0) is 49.9 Å². The molecule has 1 aromatic rings. The van der Waals surface area contributed by atoms with Crippen molar-refractivity contribution >= 4 is 27.5 Å². The molecule has 0 aromatic heterocycles. The fourth-order valence-electron chi connectivity index (χ4n) is 1.38. The normalized spacial score (nSPS) is 10.4. The minimum absolute atomic E-state index is 0.710. The number of alkyl halides is 1. The van der Waals surface area contributed by atoms with Gasteiger partial charge in [0.15, 0.2) is 0 Å². The van der Waals surface area contributed by atoms with Crippen molar-refractivity contribution in [3.8, 4) is 5.75 Å². The lowest BCUT2D eigenvalue weighted by Gasteiger charge is -2.09. The molecule has 0 heterocycles. The number of ether oxygens (including phenoxy) is 1. The Bertz CT molecular complexity index is 302. The van der Waals surface area contributed by atoms with Gasteiger partial charge in [-0.15, -0.1) is 11.6 Å². The van der Waals surface area contributed by atoms with E-state index in [1.54, 1.807) is 0 Å². The SMILES string of the molecule is Cc1cc(OCCCCCl)cc(C)c1Br. The first-order chi connectivity index (χ1) is 7.15. The van der Waals surface area contributed by atoms with Gasteiger partial charge in [0.1, 0.15) is 5.75 Å². The minimum atomic E-state index is 0.710. The van der Waals surface area contributed by atoms with Crippen LogP contribution in [0.15, 0.2) is 16.6 Å². The summed E-state index contributed by atoms with van der Waals surface area (Å²) >= 11 is 9.13. The molecule has 1 aromatic carbocycles. The van der Waals surface area contributed by atoms with Crippen LogP contribution in [0.4, 0.5) is 0 Å². The van der Waals surface area contributed by atoms with Gasteiger partial charge in [-0.25, -0.2) is 0 Å². The topological polar surface area (TPSA) is 9.23 Å². The first kappa shape index (κ1) is 12.9.